The molecular weight excluding hydrogens is 320 g/mol. The molecule has 1 amide bonds. The molecule has 0 aliphatic heterocycles. The lowest BCUT2D eigenvalue weighted by Gasteiger charge is -2.14. The van der Waals surface area contributed by atoms with Crippen molar-refractivity contribution in [1.29, 1.82) is 0 Å². The van der Waals surface area contributed by atoms with Gasteiger partial charge in [0.1, 0.15) is 0 Å². The van der Waals surface area contributed by atoms with Crippen LogP contribution in [-0.4, -0.2) is 11.9 Å². The maximum absolute atomic E-state index is 11.3. The monoisotopic (exact) mass is 346 g/mol. The smallest absolute Gasteiger partial charge is 0.248 e. The van der Waals surface area contributed by atoms with Gasteiger partial charge in [0.2, 0.25) is 5.91 Å². The fourth-order valence-corrected chi connectivity index (χ4v) is 2.53. The molecule has 3 N–H and O–H groups in total. The maximum Gasteiger partial charge on any atom is 0.248 e. The van der Waals surface area contributed by atoms with Crippen molar-refractivity contribution in [2.24, 2.45) is 5.73 Å². The Morgan fingerprint density at radius 1 is 1.15 bits per heavy atom. The number of allylic oxidation sites excluding steroid dienone is 4. The van der Waals surface area contributed by atoms with E-state index in [1.54, 1.807) is 12.1 Å². The van der Waals surface area contributed by atoms with Gasteiger partial charge < -0.3 is 11.1 Å². The molecular formula is C23H26N2O. The third-order valence-corrected chi connectivity index (χ3v) is 4.34. The van der Waals surface area contributed by atoms with Crippen LogP contribution in [0.15, 0.2) is 85.0 Å². The lowest BCUT2D eigenvalue weighted by atomic mass is 10.0. The summed E-state index contributed by atoms with van der Waals surface area (Å²) in [6.45, 7) is 8.72. The molecule has 1 atom stereocenters. The minimum absolute atomic E-state index is 0.288. The van der Waals surface area contributed by atoms with E-state index in [-0.39, 0.29) is 6.04 Å². The highest BCUT2D eigenvalue weighted by molar-refractivity contribution is 5.94. The molecule has 1 unspecified atom stereocenters. The first-order chi connectivity index (χ1) is 12.5. The van der Waals surface area contributed by atoms with Crippen molar-refractivity contribution in [3.63, 3.8) is 0 Å². The predicted octanol–water partition coefficient (Wildman–Crippen LogP) is 4.62. The fourth-order valence-electron chi connectivity index (χ4n) is 2.53. The minimum atomic E-state index is -0.409. The zero-order valence-electron chi connectivity index (χ0n) is 15.4. The molecule has 0 saturated heterocycles. The average molecular weight is 346 g/mol. The number of amides is 1. The number of hydrogen-bond donors (Lipinski definition) is 2. The molecule has 2 aromatic rings. The van der Waals surface area contributed by atoms with Gasteiger partial charge in [-0.2, -0.15) is 0 Å². The second kappa shape index (κ2) is 9.54. The molecule has 3 nitrogen and oxygen atoms in total. The Hall–Kier alpha value is -2.91. The summed E-state index contributed by atoms with van der Waals surface area (Å²) in [4.78, 5) is 11.3. The summed E-state index contributed by atoms with van der Waals surface area (Å²) >= 11 is 0. The Labute approximate surface area is 155 Å². The Morgan fingerprint density at radius 3 is 2.54 bits per heavy atom. The standard InChI is InChI=1S/C23H26N2O/c1-4-5-6-8-17(2)18(3)25-16-19-11-13-20(14-12-19)21-9-7-10-22(15-21)23(24)26/h4-15,18,25H,1,16H2,2-3H3,(H2,24,26)/b6-5-,17-8+. The van der Waals surface area contributed by atoms with Crippen LogP contribution in [0.1, 0.15) is 29.8 Å². The van der Waals surface area contributed by atoms with Crippen LogP contribution >= 0.6 is 0 Å². The lowest BCUT2D eigenvalue weighted by molar-refractivity contribution is 0.100. The lowest BCUT2D eigenvalue weighted by Crippen LogP contribution is -2.26. The number of rotatable bonds is 8. The van der Waals surface area contributed by atoms with E-state index in [1.807, 2.05) is 30.4 Å². The quantitative estimate of drug-likeness (QED) is 0.685. The third-order valence-electron chi connectivity index (χ3n) is 4.34. The van der Waals surface area contributed by atoms with Crippen molar-refractivity contribution < 1.29 is 4.79 Å². The van der Waals surface area contributed by atoms with Crippen LogP contribution < -0.4 is 11.1 Å². The summed E-state index contributed by atoms with van der Waals surface area (Å²) in [6.07, 6.45) is 7.77. The van der Waals surface area contributed by atoms with E-state index >= 15 is 0 Å². The zero-order valence-corrected chi connectivity index (χ0v) is 15.4. The highest BCUT2D eigenvalue weighted by Gasteiger charge is 2.05. The fraction of sp³-hybridized carbons (Fsp3) is 0.174. The van der Waals surface area contributed by atoms with Crippen LogP contribution in [0.5, 0.6) is 0 Å². The molecule has 0 aliphatic rings. The molecule has 134 valence electrons. The molecule has 0 heterocycles. The Kier molecular flexibility index (Phi) is 7.12. The number of benzene rings is 2. The van der Waals surface area contributed by atoms with Crippen molar-refractivity contribution in [1.82, 2.24) is 5.32 Å². The van der Waals surface area contributed by atoms with E-state index in [9.17, 15) is 4.79 Å². The van der Waals surface area contributed by atoms with E-state index < -0.39 is 5.91 Å². The SMILES string of the molecule is C=C/C=C\C=C(/C)C(C)NCc1ccc(-c2cccc(C(N)=O)c2)cc1. The van der Waals surface area contributed by atoms with E-state index in [0.29, 0.717) is 5.56 Å². The highest BCUT2D eigenvalue weighted by atomic mass is 16.1. The Balaban J connectivity index is 2.00. The van der Waals surface area contributed by atoms with Crippen molar-refractivity contribution in [3.8, 4) is 11.1 Å². The third kappa shape index (κ3) is 5.57. The van der Waals surface area contributed by atoms with Gasteiger partial charge in [0, 0.05) is 18.2 Å². The van der Waals surface area contributed by atoms with Crippen molar-refractivity contribution in [3.05, 3.63) is 96.1 Å². The molecule has 2 aromatic carbocycles. The predicted molar refractivity (Wildman–Crippen MR) is 110 cm³/mol. The van der Waals surface area contributed by atoms with Crippen molar-refractivity contribution in [2.75, 3.05) is 0 Å². The Bertz CT molecular complexity index is 816. The van der Waals surface area contributed by atoms with E-state index in [1.165, 1.54) is 11.1 Å². The van der Waals surface area contributed by atoms with Gasteiger partial charge in [-0.15, -0.1) is 0 Å². The van der Waals surface area contributed by atoms with Crippen LogP contribution in [0.4, 0.5) is 0 Å². The molecule has 3 heteroatoms. The Morgan fingerprint density at radius 2 is 1.88 bits per heavy atom. The topological polar surface area (TPSA) is 55.1 Å². The summed E-state index contributed by atoms with van der Waals surface area (Å²) in [5.41, 5.74) is 10.4. The van der Waals surface area contributed by atoms with Gasteiger partial charge in [-0.1, -0.05) is 72.9 Å². The summed E-state index contributed by atoms with van der Waals surface area (Å²) < 4.78 is 0. The van der Waals surface area contributed by atoms with Gasteiger partial charge in [0.05, 0.1) is 0 Å². The molecule has 0 radical (unpaired) electrons. The van der Waals surface area contributed by atoms with E-state index in [4.69, 9.17) is 5.73 Å². The van der Waals surface area contributed by atoms with Crippen LogP contribution in [0.25, 0.3) is 11.1 Å². The average Bonchev–Trinajstić information content (AvgIpc) is 2.66. The van der Waals surface area contributed by atoms with Gasteiger partial charge in [-0.3, -0.25) is 4.79 Å². The molecule has 0 saturated carbocycles. The first kappa shape index (κ1) is 19.4. The van der Waals surface area contributed by atoms with Crippen LogP contribution in [0, 0.1) is 0 Å². The normalized spacial score (nSPS) is 12.9. The molecule has 0 spiro atoms. The number of hydrogen-bond acceptors (Lipinski definition) is 2. The first-order valence-electron chi connectivity index (χ1n) is 8.69. The molecule has 2 rings (SSSR count). The summed E-state index contributed by atoms with van der Waals surface area (Å²) in [6, 6.07) is 16.0. The van der Waals surface area contributed by atoms with Crippen molar-refractivity contribution in [2.45, 2.75) is 26.4 Å². The minimum Gasteiger partial charge on any atom is -0.366 e. The van der Waals surface area contributed by atoms with Crippen LogP contribution in [0.2, 0.25) is 0 Å². The summed E-state index contributed by atoms with van der Waals surface area (Å²) in [7, 11) is 0. The summed E-state index contributed by atoms with van der Waals surface area (Å²) in [5, 5.41) is 3.52. The van der Waals surface area contributed by atoms with Gasteiger partial charge in [-0.05, 0) is 42.7 Å². The van der Waals surface area contributed by atoms with Gasteiger partial charge in [-0.25, -0.2) is 0 Å². The maximum atomic E-state index is 11.3. The van der Waals surface area contributed by atoms with Crippen LogP contribution in [-0.2, 0) is 6.54 Å². The number of primary amides is 1. The van der Waals surface area contributed by atoms with Crippen molar-refractivity contribution >= 4 is 5.91 Å². The van der Waals surface area contributed by atoms with Gasteiger partial charge >= 0.3 is 0 Å². The molecule has 0 fully saturated rings. The highest BCUT2D eigenvalue weighted by Crippen LogP contribution is 2.21. The van der Waals surface area contributed by atoms with E-state index in [2.05, 4.69) is 56.1 Å². The molecule has 0 aliphatic carbocycles. The first-order valence-corrected chi connectivity index (χ1v) is 8.69. The number of carbonyl (C=O) groups excluding carboxylic acids is 1. The van der Waals surface area contributed by atoms with Gasteiger partial charge in [0.25, 0.3) is 0 Å². The number of nitrogens with one attached hydrogen (secondary N) is 1. The largest absolute Gasteiger partial charge is 0.366 e. The second-order valence-corrected chi connectivity index (χ2v) is 6.28. The zero-order chi connectivity index (χ0) is 18.9. The van der Waals surface area contributed by atoms with E-state index in [0.717, 1.165) is 17.7 Å². The number of carbonyl (C=O) groups is 1. The molecule has 0 aromatic heterocycles. The second-order valence-electron chi connectivity index (χ2n) is 6.28. The van der Waals surface area contributed by atoms with Crippen LogP contribution in [0.3, 0.4) is 0 Å². The molecule has 0 bridgehead atoms. The summed E-state index contributed by atoms with van der Waals surface area (Å²) in [5.74, 6) is -0.409. The van der Waals surface area contributed by atoms with Gasteiger partial charge in [0.15, 0.2) is 0 Å². The molecule has 26 heavy (non-hydrogen) atoms. The number of nitrogens with two attached hydrogens (primary N) is 1.